The van der Waals surface area contributed by atoms with Crippen molar-refractivity contribution in [2.24, 2.45) is 0 Å². The van der Waals surface area contributed by atoms with Crippen molar-refractivity contribution in [3.63, 3.8) is 0 Å². The maximum atomic E-state index is 11.2. The van der Waals surface area contributed by atoms with E-state index in [1.165, 1.54) is 11.3 Å². The molecule has 0 spiro atoms. The van der Waals surface area contributed by atoms with Gasteiger partial charge in [0.15, 0.2) is 9.84 Å². The second-order valence-electron chi connectivity index (χ2n) is 3.26. The van der Waals surface area contributed by atoms with Crippen molar-refractivity contribution in [2.75, 3.05) is 29.5 Å². The van der Waals surface area contributed by atoms with Crippen LogP contribution >= 0.6 is 34.5 Å². The van der Waals surface area contributed by atoms with Gasteiger partial charge in [0.05, 0.1) is 17.2 Å². The van der Waals surface area contributed by atoms with Crippen LogP contribution in [0.4, 0.5) is 5.69 Å². The second-order valence-corrected chi connectivity index (χ2v) is 7.79. The highest BCUT2D eigenvalue weighted by Crippen LogP contribution is 2.37. The van der Waals surface area contributed by atoms with Gasteiger partial charge >= 0.3 is 0 Å². The molecule has 7 heteroatoms. The van der Waals surface area contributed by atoms with Gasteiger partial charge in [-0.25, -0.2) is 8.42 Å². The van der Waals surface area contributed by atoms with Crippen molar-refractivity contribution in [1.29, 1.82) is 0 Å². The van der Waals surface area contributed by atoms with E-state index in [1.807, 2.05) is 4.90 Å². The van der Waals surface area contributed by atoms with E-state index in [0.717, 1.165) is 5.69 Å². The average molecular weight is 285 g/mol. The monoisotopic (exact) mass is 284 g/mol. The Bertz CT molecular complexity index is 455. The van der Waals surface area contributed by atoms with Crippen LogP contribution < -0.4 is 4.90 Å². The van der Waals surface area contributed by atoms with Gasteiger partial charge in [0, 0.05) is 19.2 Å². The summed E-state index contributed by atoms with van der Waals surface area (Å²) in [7, 11) is -2.86. The molecule has 0 atom stereocenters. The summed E-state index contributed by atoms with van der Waals surface area (Å²) in [6.07, 6.45) is 0. The Hall–Kier alpha value is 0.0300. The predicted octanol–water partition coefficient (Wildman–Crippen LogP) is 2.09. The molecule has 0 bridgehead atoms. The fourth-order valence-electron chi connectivity index (χ4n) is 1.43. The van der Waals surface area contributed by atoms with Gasteiger partial charge in [-0.1, -0.05) is 23.2 Å². The van der Waals surface area contributed by atoms with Crippen LogP contribution in [0.25, 0.3) is 0 Å². The third-order valence-electron chi connectivity index (χ3n) is 2.24. The summed E-state index contributed by atoms with van der Waals surface area (Å²) in [6.45, 7) is 0.928. The highest BCUT2D eigenvalue weighted by molar-refractivity contribution is 7.91. The highest BCUT2D eigenvalue weighted by atomic mass is 35.5. The second kappa shape index (κ2) is 4.13. The first kappa shape index (κ1) is 11.5. The van der Waals surface area contributed by atoms with E-state index >= 15 is 0 Å². The van der Waals surface area contributed by atoms with Crippen LogP contribution in [0, 0.1) is 6.07 Å². The van der Waals surface area contributed by atoms with Gasteiger partial charge in [0.2, 0.25) is 0 Å². The average Bonchev–Trinajstić information content (AvgIpc) is 2.45. The van der Waals surface area contributed by atoms with Crippen molar-refractivity contribution in [3.8, 4) is 0 Å². The minimum atomic E-state index is -2.86. The lowest BCUT2D eigenvalue weighted by Gasteiger charge is -2.27. The van der Waals surface area contributed by atoms with E-state index < -0.39 is 9.84 Å². The standard InChI is InChI=1S/C8H8Cl2NO2S2/c9-7-5-6(8(10)14-7)11-1-3-15(12,13)4-2-11/h1-4H2. The number of rotatable bonds is 1. The molecule has 1 aromatic rings. The number of hydrogen-bond acceptors (Lipinski definition) is 4. The molecule has 0 unspecified atom stereocenters. The zero-order valence-corrected chi connectivity index (χ0v) is 10.8. The molecular formula is C8H8Cl2NO2S2. The van der Waals surface area contributed by atoms with Gasteiger partial charge in [-0.2, -0.15) is 0 Å². The summed E-state index contributed by atoms with van der Waals surface area (Å²) in [6, 6.07) is 2.92. The number of nitrogens with zero attached hydrogens (tertiary/aromatic N) is 1. The Balaban J connectivity index is 2.17. The van der Waals surface area contributed by atoms with Crippen molar-refractivity contribution < 1.29 is 8.42 Å². The highest BCUT2D eigenvalue weighted by Gasteiger charge is 2.24. The third kappa shape index (κ3) is 2.58. The van der Waals surface area contributed by atoms with E-state index in [4.69, 9.17) is 23.2 Å². The number of halogens is 2. The maximum Gasteiger partial charge on any atom is 0.153 e. The van der Waals surface area contributed by atoms with Gasteiger partial charge in [-0.3, -0.25) is 0 Å². The SMILES string of the molecule is O=S1(=O)CCN(c2[c]c(Cl)sc2Cl)CC1. The fourth-order valence-corrected chi connectivity index (χ4v) is 4.05. The number of thiophene rings is 1. The van der Waals surface area contributed by atoms with E-state index in [1.54, 1.807) is 0 Å². The lowest BCUT2D eigenvalue weighted by molar-refractivity contribution is 0.587. The first-order chi connectivity index (χ1) is 6.98. The van der Waals surface area contributed by atoms with Crippen LogP contribution in [0.5, 0.6) is 0 Å². The van der Waals surface area contributed by atoms with Gasteiger partial charge in [0.25, 0.3) is 0 Å². The van der Waals surface area contributed by atoms with Gasteiger partial charge in [-0.05, 0) is 0 Å². The summed E-state index contributed by atoms with van der Waals surface area (Å²) < 4.78 is 23.5. The molecular weight excluding hydrogens is 277 g/mol. The van der Waals surface area contributed by atoms with Crippen LogP contribution in [0.2, 0.25) is 8.67 Å². The Kier molecular flexibility index (Phi) is 3.17. The molecule has 83 valence electrons. The topological polar surface area (TPSA) is 37.4 Å². The molecule has 0 aromatic carbocycles. The molecule has 3 nitrogen and oxygen atoms in total. The van der Waals surface area contributed by atoms with Crippen molar-refractivity contribution in [3.05, 3.63) is 14.7 Å². The van der Waals surface area contributed by atoms with Crippen molar-refractivity contribution in [2.45, 2.75) is 0 Å². The molecule has 1 aliphatic heterocycles. The quantitative estimate of drug-likeness (QED) is 0.793. The molecule has 1 aromatic heterocycles. The van der Waals surface area contributed by atoms with E-state index in [-0.39, 0.29) is 11.5 Å². The van der Waals surface area contributed by atoms with E-state index in [2.05, 4.69) is 6.07 Å². The molecule has 1 fully saturated rings. The fraction of sp³-hybridized carbons (Fsp3) is 0.500. The summed E-state index contributed by atoms with van der Waals surface area (Å²) in [4.78, 5) is 1.91. The van der Waals surface area contributed by atoms with Crippen molar-refractivity contribution >= 4 is 50.1 Å². The van der Waals surface area contributed by atoms with Crippen LogP contribution in [0.3, 0.4) is 0 Å². The smallest absolute Gasteiger partial charge is 0.153 e. The first-order valence-electron chi connectivity index (χ1n) is 4.30. The number of anilines is 1. The third-order valence-corrected chi connectivity index (χ3v) is 5.24. The van der Waals surface area contributed by atoms with E-state index in [0.29, 0.717) is 21.8 Å². The Morgan fingerprint density at radius 3 is 2.33 bits per heavy atom. The molecule has 0 aliphatic carbocycles. The zero-order chi connectivity index (χ0) is 11.1. The minimum absolute atomic E-state index is 0.171. The van der Waals surface area contributed by atoms with Crippen LogP contribution in [-0.2, 0) is 9.84 Å². The van der Waals surface area contributed by atoms with Crippen LogP contribution in [-0.4, -0.2) is 33.0 Å². The maximum absolute atomic E-state index is 11.2. The van der Waals surface area contributed by atoms with Crippen molar-refractivity contribution in [1.82, 2.24) is 0 Å². The molecule has 2 heterocycles. The predicted molar refractivity (Wildman–Crippen MR) is 64.0 cm³/mol. The van der Waals surface area contributed by atoms with Gasteiger partial charge in [-0.15, -0.1) is 11.3 Å². The summed E-state index contributed by atoms with van der Waals surface area (Å²) in [5, 5.41) is 0. The molecule has 15 heavy (non-hydrogen) atoms. The molecule has 0 N–H and O–H groups in total. The zero-order valence-electron chi connectivity index (χ0n) is 7.66. The largest absolute Gasteiger partial charge is 0.367 e. The lowest BCUT2D eigenvalue weighted by Crippen LogP contribution is -2.40. The summed E-state index contributed by atoms with van der Waals surface area (Å²) in [5.74, 6) is 0.343. The first-order valence-corrected chi connectivity index (χ1v) is 7.70. The molecule has 2 rings (SSSR count). The van der Waals surface area contributed by atoms with Gasteiger partial charge in [0.1, 0.15) is 8.67 Å². The van der Waals surface area contributed by atoms with Crippen LogP contribution in [0.15, 0.2) is 0 Å². The summed E-state index contributed by atoms with van der Waals surface area (Å²) >= 11 is 13.0. The number of sulfone groups is 1. The Morgan fingerprint density at radius 2 is 1.87 bits per heavy atom. The van der Waals surface area contributed by atoms with Crippen LogP contribution in [0.1, 0.15) is 0 Å². The minimum Gasteiger partial charge on any atom is -0.367 e. The molecule has 1 saturated heterocycles. The van der Waals surface area contributed by atoms with E-state index in [9.17, 15) is 8.42 Å². The lowest BCUT2D eigenvalue weighted by atomic mass is 10.4. The Labute approximate surface area is 103 Å². The molecule has 0 saturated carbocycles. The number of hydrogen-bond donors (Lipinski definition) is 0. The molecule has 1 aliphatic rings. The normalized spacial score (nSPS) is 20.5. The summed E-state index contributed by atoms with van der Waals surface area (Å²) in [5.41, 5.74) is 0.724. The van der Waals surface area contributed by atoms with Gasteiger partial charge < -0.3 is 4.90 Å². The molecule has 0 amide bonds. The Morgan fingerprint density at radius 1 is 1.27 bits per heavy atom. The molecule has 1 radical (unpaired) electrons.